The maximum absolute atomic E-state index is 10.4. The van der Waals surface area contributed by atoms with E-state index in [0.29, 0.717) is 0 Å². The van der Waals surface area contributed by atoms with Crippen molar-refractivity contribution in [2.45, 2.75) is 103 Å². The molecule has 1 saturated carbocycles. The Morgan fingerprint density at radius 3 is 2.00 bits per heavy atom. The molecule has 0 saturated heterocycles. The lowest BCUT2D eigenvalue weighted by Crippen LogP contribution is -2.47. The molecule has 3 heteroatoms. The zero-order chi connectivity index (χ0) is 15.4. The zero-order valence-electron chi connectivity index (χ0n) is 14.5. The van der Waals surface area contributed by atoms with Gasteiger partial charge in [-0.1, -0.05) is 59.8 Å². The van der Waals surface area contributed by atoms with Gasteiger partial charge in [-0.3, -0.25) is 0 Å². The average molecular weight is 301 g/mol. The summed E-state index contributed by atoms with van der Waals surface area (Å²) in [6, 6.07) is 0. The summed E-state index contributed by atoms with van der Waals surface area (Å²) in [6.07, 6.45) is 8.43. The first-order valence-electron chi connectivity index (χ1n) is 8.51. The third-order valence-corrected chi connectivity index (χ3v) is 9.94. The zero-order valence-corrected chi connectivity index (χ0v) is 15.5. The quantitative estimate of drug-likeness (QED) is 0.717. The predicted octanol–water partition coefficient (Wildman–Crippen LogP) is 5.12. The summed E-state index contributed by atoms with van der Waals surface area (Å²) < 4.78 is 6.64. The molecule has 0 aliphatic heterocycles. The molecular formula is C17H36O2Si. The molecule has 1 N–H and O–H groups in total. The molecular weight excluding hydrogens is 264 g/mol. The van der Waals surface area contributed by atoms with Crippen LogP contribution in [0.1, 0.15) is 72.6 Å². The van der Waals surface area contributed by atoms with Crippen LogP contribution in [0.3, 0.4) is 0 Å². The highest BCUT2D eigenvalue weighted by atomic mass is 28.4. The second kappa shape index (κ2) is 7.41. The fourth-order valence-electron chi connectivity index (χ4n) is 2.72. The van der Waals surface area contributed by atoms with Crippen LogP contribution in [0.15, 0.2) is 0 Å². The first-order chi connectivity index (χ1) is 9.15. The molecule has 1 aliphatic rings. The summed E-state index contributed by atoms with van der Waals surface area (Å²) >= 11 is 0. The highest BCUT2D eigenvalue weighted by Gasteiger charge is 2.40. The van der Waals surface area contributed by atoms with Gasteiger partial charge in [0.05, 0.1) is 12.2 Å². The largest absolute Gasteiger partial charge is 0.414 e. The van der Waals surface area contributed by atoms with Crippen LogP contribution < -0.4 is 0 Å². The molecule has 20 heavy (non-hydrogen) atoms. The van der Waals surface area contributed by atoms with E-state index in [9.17, 15) is 5.11 Å². The Morgan fingerprint density at radius 2 is 1.45 bits per heavy atom. The van der Waals surface area contributed by atoms with Gasteiger partial charge < -0.3 is 9.53 Å². The Morgan fingerprint density at radius 1 is 0.950 bits per heavy atom. The Labute approximate surface area is 127 Å². The van der Waals surface area contributed by atoms with Gasteiger partial charge in [-0.15, -0.1) is 0 Å². The van der Waals surface area contributed by atoms with Crippen molar-refractivity contribution in [3.63, 3.8) is 0 Å². The molecule has 2 nitrogen and oxygen atoms in total. The standard InChI is InChI=1S/C17H36O2Si/c1-14-15(18)12-10-8-7-9-11-13-16(14)19-20(5,6)17(2,3)4/h14-16,18H,7-13H2,1-6H3/t14-,15?,16?/m1/s1. The van der Waals surface area contributed by atoms with E-state index in [2.05, 4.69) is 40.8 Å². The fourth-order valence-corrected chi connectivity index (χ4v) is 4.17. The van der Waals surface area contributed by atoms with Crippen LogP contribution in [0.5, 0.6) is 0 Å². The van der Waals surface area contributed by atoms with E-state index in [1.54, 1.807) is 0 Å². The molecule has 0 amide bonds. The van der Waals surface area contributed by atoms with Crippen molar-refractivity contribution in [1.29, 1.82) is 0 Å². The summed E-state index contributed by atoms with van der Waals surface area (Å²) in [4.78, 5) is 0. The first-order valence-corrected chi connectivity index (χ1v) is 11.4. The van der Waals surface area contributed by atoms with Gasteiger partial charge in [-0.05, 0) is 31.0 Å². The molecule has 0 spiro atoms. The molecule has 1 aliphatic carbocycles. The summed E-state index contributed by atoms with van der Waals surface area (Å²) in [7, 11) is -1.74. The van der Waals surface area contributed by atoms with Gasteiger partial charge in [-0.25, -0.2) is 0 Å². The van der Waals surface area contributed by atoms with Gasteiger partial charge >= 0.3 is 0 Å². The monoisotopic (exact) mass is 300 g/mol. The van der Waals surface area contributed by atoms with E-state index in [-0.39, 0.29) is 23.2 Å². The van der Waals surface area contributed by atoms with E-state index < -0.39 is 8.32 Å². The average Bonchev–Trinajstić information content (AvgIpc) is 2.32. The van der Waals surface area contributed by atoms with Gasteiger partial charge in [0.15, 0.2) is 8.32 Å². The normalized spacial score (nSPS) is 31.1. The molecule has 3 atom stereocenters. The lowest BCUT2D eigenvalue weighted by Gasteiger charge is -2.42. The number of aliphatic hydroxyl groups excluding tert-OH is 1. The number of aliphatic hydroxyl groups is 1. The van der Waals surface area contributed by atoms with Gasteiger partial charge in [0.25, 0.3) is 0 Å². The highest BCUT2D eigenvalue weighted by molar-refractivity contribution is 6.74. The Kier molecular flexibility index (Phi) is 6.74. The summed E-state index contributed by atoms with van der Waals surface area (Å²) in [6.45, 7) is 13.7. The molecule has 1 fully saturated rings. The van der Waals surface area contributed by atoms with E-state index in [4.69, 9.17) is 4.43 Å². The fraction of sp³-hybridized carbons (Fsp3) is 1.00. The van der Waals surface area contributed by atoms with Gasteiger partial charge in [0.1, 0.15) is 0 Å². The first kappa shape index (κ1) is 18.2. The predicted molar refractivity (Wildman–Crippen MR) is 89.6 cm³/mol. The van der Waals surface area contributed by atoms with Gasteiger partial charge in [-0.2, -0.15) is 0 Å². The van der Waals surface area contributed by atoms with Crippen LogP contribution in [-0.2, 0) is 4.43 Å². The van der Waals surface area contributed by atoms with Crippen LogP contribution in [0.2, 0.25) is 18.1 Å². The molecule has 120 valence electrons. The van der Waals surface area contributed by atoms with Crippen molar-refractivity contribution in [3.05, 3.63) is 0 Å². The minimum absolute atomic E-state index is 0.192. The van der Waals surface area contributed by atoms with Crippen molar-refractivity contribution >= 4 is 8.32 Å². The maximum atomic E-state index is 10.4. The molecule has 0 aromatic heterocycles. The van der Waals surface area contributed by atoms with Crippen LogP contribution in [0.25, 0.3) is 0 Å². The molecule has 0 aromatic rings. The van der Waals surface area contributed by atoms with E-state index in [1.165, 1.54) is 25.7 Å². The smallest absolute Gasteiger partial charge is 0.192 e. The number of rotatable bonds is 2. The van der Waals surface area contributed by atoms with Crippen molar-refractivity contribution < 1.29 is 9.53 Å². The minimum Gasteiger partial charge on any atom is -0.414 e. The minimum atomic E-state index is -1.74. The van der Waals surface area contributed by atoms with Crippen molar-refractivity contribution in [2.24, 2.45) is 5.92 Å². The number of hydrogen-bond acceptors (Lipinski definition) is 2. The molecule has 2 unspecified atom stereocenters. The van der Waals surface area contributed by atoms with Gasteiger partial charge in [0, 0.05) is 5.92 Å². The summed E-state index contributed by atoms with van der Waals surface area (Å²) in [5, 5.41) is 10.6. The molecule has 1 rings (SSSR count). The van der Waals surface area contributed by atoms with E-state index in [1.807, 2.05) is 0 Å². The summed E-state index contributed by atoms with van der Waals surface area (Å²) in [5.41, 5.74) is 0. The Balaban J connectivity index is 2.75. The number of hydrogen-bond donors (Lipinski definition) is 1. The lowest BCUT2D eigenvalue weighted by atomic mass is 9.89. The Hall–Kier alpha value is 0.137. The second-order valence-electron chi connectivity index (χ2n) is 8.19. The van der Waals surface area contributed by atoms with Crippen LogP contribution in [-0.4, -0.2) is 25.6 Å². The molecule has 0 aromatic carbocycles. The van der Waals surface area contributed by atoms with Crippen LogP contribution >= 0.6 is 0 Å². The van der Waals surface area contributed by atoms with Crippen LogP contribution in [0.4, 0.5) is 0 Å². The maximum Gasteiger partial charge on any atom is 0.192 e. The van der Waals surface area contributed by atoms with Crippen LogP contribution in [0, 0.1) is 5.92 Å². The van der Waals surface area contributed by atoms with E-state index in [0.717, 1.165) is 19.3 Å². The molecule has 0 heterocycles. The lowest BCUT2D eigenvalue weighted by molar-refractivity contribution is 0.0159. The topological polar surface area (TPSA) is 29.5 Å². The summed E-state index contributed by atoms with van der Waals surface area (Å²) in [5.74, 6) is 0.266. The SMILES string of the molecule is C[C@@H]1C(O)CCCCCCCC1O[Si](C)(C)C(C)(C)C. The Bertz CT molecular complexity index is 283. The van der Waals surface area contributed by atoms with Crippen molar-refractivity contribution in [3.8, 4) is 0 Å². The highest BCUT2D eigenvalue weighted by Crippen LogP contribution is 2.39. The van der Waals surface area contributed by atoms with Crippen molar-refractivity contribution in [1.82, 2.24) is 0 Å². The van der Waals surface area contributed by atoms with Gasteiger partial charge in [0.2, 0.25) is 0 Å². The second-order valence-corrected chi connectivity index (χ2v) is 12.9. The van der Waals surface area contributed by atoms with E-state index >= 15 is 0 Å². The third kappa shape index (κ3) is 5.16. The molecule has 0 bridgehead atoms. The molecule has 0 radical (unpaired) electrons. The third-order valence-electron chi connectivity index (χ3n) is 5.43. The van der Waals surface area contributed by atoms with Crippen molar-refractivity contribution in [2.75, 3.05) is 0 Å².